The maximum Gasteiger partial charge on any atom is 0.193 e. The lowest BCUT2D eigenvalue weighted by Gasteiger charge is -2.18. The van der Waals surface area contributed by atoms with Gasteiger partial charge in [-0.25, -0.2) is 9.97 Å². The molecule has 0 amide bonds. The van der Waals surface area contributed by atoms with Crippen molar-refractivity contribution < 1.29 is 4.79 Å². The number of benzene rings is 9. The molecule has 62 heavy (non-hydrogen) atoms. The lowest BCUT2D eigenvalue weighted by atomic mass is 9.89. The highest BCUT2D eigenvalue weighted by Crippen LogP contribution is 2.41. The molecule has 0 N–H and O–H groups in total. The summed E-state index contributed by atoms with van der Waals surface area (Å²) in [6.07, 6.45) is 0. The van der Waals surface area contributed by atoms with E-state index in [0.717, 1.165) is 83.7 Å². The van der Waals surface area contributed by atoms with Crippen LogP contribution < -0.4 is 0 Å². The van der Waals surface area contributed by atoms with Crippen LogP contribution in [0.5, 0.6) is 0 Å². The van der Waals surface area contributed by atoms with E-state index >= 15 is 4.79 Å². The molecule has 10 aromatic rings. The Bertz CT molecular complexity index is 3030. The minimum atomic E-state index is -0.0437. The van der Waals surface area contributed by atoms with E-state index in [1.54, 1.807) is 0 Å². The van der Waals surface area contributed by atoms with Crippen LogP contribution in [0.3, 0.4) is 0 Å². The molecule has 0 atom stereocenters. The molecule has 9 aromatic carbocycles. The fourth-order valence-electron chi connectivity index (χ4n) is 8.16. The van der Waals surface area contributed by atoms with E-state index < -0.39 is 0 Å². The largest absolute Gasteiger partial charge is 0.289 e. The van der Waals surface area contributed by atoms with Crippen LogP contribution in [0.2, 0.25) is 0 Å². The van der Waals surface area contributed by atoms with Crippen molar-refractivity contribution in [2.24, 2.45) is 0 Å². The molecule has 0 saturated heterocycles. The van der Waals surface area contributed by atoms with Gasteiger partial charge in [-0.05, 0) is 92.5 Å². The molecule has 0 aliphatic rings. The van der Waals surface area contributed by atoms with Gasteiger partial charge in [-0.3, -0.25) is 4.79 Å². The lowest BCUT2D eigenvalue weighted by molar-refractivity contribution is 0.103. The molecule has 3 nitrogen and oxygen atoms in total. The number of rotatable bonds is 10. The number of aromatic nitrogens is 2. The molecule has 0 unspecified atom stereocenters. The van der Waals surface area contributed by atoms with Gasteiger partial charge in [0.2, 0.25) is 0 Å². The molecule has 1 heterocycles. The van der Waals surface area contributed by atoms with Gasteiger partial charge in [-0.1, -0.05) is 200 Å². The molecule has 1 aromatic heterocycles. The number of ketones is 1. The monoisotopic (exact) mass is 792 g/mol. The summed E-state index contributed by atoms with van der Waals surface area (Å²) < 4.78 is 0. The Labute approximate surface area is 362 Å². The van der Waals surface area contributed by atoms with Gasteiger partial charge in [0.1, 0.15) is 0 Å². The molecule has 10 rings (SSSR count). The second-order valence-corrected chi connectivity index (χ2v) is 15.3. The zero-order chi connectivity index (χ0) is 41.7. The number of hydrogen-bond donors (Lipinski definition) is 0. The van der Waals surface area contributed by atoms with Crippen molar-refractivity contribution in [2.45, 2.75) is 0 Å². The summed E-state index contributed by atoms with van der Waals surface area (Å²) in [5, 5.41) is 0. The smallest absolute Gasteiger partial charge is 0.193 e. The van der Waals surface area contributed by atoms with Gasteiger partial charge >= 0.3 is 0 Å². The average molecular weight is 793 g/mol. The number of hydrogen-bond acceptors (Lipinski definition) is 3. The number of carbonyl (C=O) groups excluding carboxylic acids is 1. The summed E-state index contributed by atoms with van der Waals surface area (Å²) in [5.41, 5.74) is 15.8. The van der Waals surface area contributed by atoms with Crippen LogP contribution in [0.1, 0.15) is 15.9 Å². The van der Waals surface area contributed by atoms with Gasteiger partial charge in [0.05, 0.1) is 11.4 Å². The standard InChI is InChI=1S/C59H40N2O/c62-58(53-37-49(41-20-7-1-8-21-41)35-50(38-53)42-22-9-2-10-23-42)54-39-51(43-24-11-3-12-25-43)36-52(40-54)47-32-19-33-48(34-47)55-56(44-26-13-4-14-27-44)60-59(46-30-17-6-18-31-46)61-57(55)45-28-15-5-16-29-45/h1-40H. The first-order valence-electron chi connectivity index (χ1n) is 20.8. The number of carbonyl (C=O) groups is 1. The summed E-state index contributed by atoms with van der Waals surface area (Å²) in [4.78, 5) is 25.6. The van der Waals surface area contributed by atoms with Crippen molar-refractivity contribution in [3.05, 3.63) is 254 Å². The van der Waals surface area contributed by atoms with Crippen LogP contribution >= 0.6 is 0 Å². The first-order valence-corrected chi connectivity index (χ1v) is 20.8. The molecule has 0 aliphatic heterocycles. The van der Waals surface area contributed by atoms with E-state index in [0.29, 0.717) is 17.0 Å². The predicted octanol–water partition coefficient (Wildman–Crippen LogP) is 15.0. The summed E-state index contributed by atoms with van der Waals surface area (Å²) in [6.45, 7) is 0. The van der Waals surface area contributed by atoms with E-state index in [9.17, 15) is 0 Å². The van der Waals surface area contributed by atoms with E-state index in [1.165, 1.54) is 0 Å². The molecule has 292 valence electrons. The Morgan fingerprint density at radius 3 is 0.935 bits per heavy atom. The van der Waals surface area contributed by atoms with Crippen LogP contribution in [0.15, 0.2) is 243 Å². The first kappa shape index (κ1) is 38.0. The predicted molar refractivity (Wildman–Crippen MR) is 255 cm³/mol. The third-order valence-electron chi connectivity index (χ3n) is 11.2. The normalized spacial score (nSPS) is 11.0. The third-order valence-corrected chi connectivity index (χ3v) is 11.2. The second kappa shape index (κ2) is 17.1. The Hall–Kier alpha value is -8.27. The summed E-state index contributed by atoms with van der Waals surface area (Å²) in [5.74, 6) is 0.617. The molecule has 0 spiro atoms. The van der Waals surface area contributed by atoms with Crippen molar-refractivity contribution in [3.63, 3.8) is 0 Å². The first-order chi connectivity index (χ1) is 30.6. The van der Waals surface area contributed by atoms with Crippen LogP contribution in [0.25, 0.3) is 89.5 Å². The van der Waals surface area contributed by atoms with Gasteiger partial charge in [0.15, 0.2) is 11.6 Å². The average Bonchev–Trinajstić information content (AvgIpc) is 3.37. The lowest BCUT2D eigenvalue weighted by Crippen LogP contribution is -2.03. The van der Waals surface area contributed by atoms with Crippen LogP contribution in [0, 0.1) is 0 Å². The van der Waals surface area contributed by atoms with Crippen LogP contribution in [-0.4, -0.2) is 15.8 Å². The van der Waals surface area contributed by atoms with Gasteiger partial charge in [-0.15, -0.1) is 0 Å². The highest BCUT2D eigenvalue weighted by Gasteiger charge is 2.22. The highest BCUT2D eigenvalue weighted by molar-refractivity contribution is 6.11. The van der Waals surface area contributed by atoms with Gasteiger partial charge < -0.3 is 0 Å². The molecule has 0 fully saturated rings. The minimum Gasteiger partial charge on any atom is -0.289 e. The fourth-order valence-corrected chi connectivity index (χ4v) is 8.16. The van der Waals surface area contributed by atoms with Crippen molar-refractivity contribution in [2.75, 3.05) is 0 Å². The molecule has 0 radical (unpaired) electrons. The van der Waals surface area contributed by atoms with Gasteiger partial charge in [-0.2, -0.15) is 0 Å². The van der Waals surface area contributed by atoms with Crippen molar-refractivity contribution >= 4 is 5.78 Å². The molecular weight excluding hydrogens is 753 g/mol. The van der Waals surface area contributed by atoms with Gasteiger partial charge in [0.25, 0.3) is 0 Å². The highest BCUT2D eigenvalue weighted by atomic mass is 16.1. The maximum absolute atomic E-state index is 15.0. The fraction of sp³-hybridized carbons (Fsp3) is 0. The Morgan fingerprint density at radius 1 is 0.258 bits per heavy atom. The van der Waals surface area contributed by atoms with E-state index in [1.807, 2.05) is 133 Å². The van der Waals surface area contributed by atoms with Crippen molar-refractivity contribution in [1.29, 1.82) is 0 Å². The Morgan fingerprint density at radius 2 is 0.548 bits per heavy atom. The second-order valence-electron chi connectivity index (χ2n) is 15.3. The molecule has 0 aliphatic carbocycles. The molecule has 3 heteroatoms. The Balaban J connectivity index is 1.15. The SMILES string of the molecule is O=C(c1cc(-c2ccccc2)cc(-c2ccccc2)c1)c1cc(-c2ccccc2)cc(-c2cccc(-c3c(-c4ccccc4)nc(-c4ccccc4)nc3-c3ccccc3)c2)c1. The topological polar surface area (TPSA) is 42.9 Å². The third kappa shape index (κ3) is 7.91. The van der Waals surface area contributed by atoms with Crippen molar-refractivity contribution in [3.8, 4) is 89.5 Å². The van der Waals surface area contributed by atoms with E-state index in [4.69, 9.17) is 9.97 Å². The molecular formula is C59H40N2O. The Kier molecular flexibility index (Phi) is 10.5. The van der Waals surface area contributed by atoms with Crippen molar-refractivity contribution in [1.82, 2.24) is 9.97 Å². The zero-order valence-corrected chi connectivity index (χ0v) is 33.9. The molecule has 0 saturated carbocycles. The van der Waals surface area contributed by atoms with Crippen LogP contribution in [0.4, 0.5) is 0 Å². The van der Waals surface area contributed by atoms with Crippen LogP contribution in [-0.2, 0) is 0 Å². The van der Waals surface area contributed by atoms with E-state index in [2.05, 4.69) is 109 Å². The molecule has 0 bridgehead atoms. The quantitative estimate of drug-likeness (QED) is 0.130. The number of nitrogens with zero attached hydrogens (tertiary/aromatic N) is 2. The van der Waals surface area contributed by atoms with Gasteiger partial charge in [0, 0.05) is 33.4 Å². The summed E-state index contributed by atoms with van der Waals surface area (Å²) in [7, 11) is 0. The summed E-state index contributed by atoms with van der Waals surface area (Å²) in [6, 6.07) is 82.7. The maximum atomic E-state index is 15.0. The van der Waals surface area contributed by atoms with E-state index in [-0.39, 0.29) is 5.78 Å². The summed E-state index contributed by atoms with van der Waals surface area (Å²) >= 11 is 0. The zero-order valence-electron chi connectivity index (χ0n) is 33.9. The minimum absolute atomic E-state index is 0.0437.